The summed E-state index contributed by atoms with van der Waals surface area (Å²) in [5.41, 5.74) is -1.03. The number of carboxylic acid groups (broad SMARTS) is 3. The first-order valence-electron chi connectivity index (χ1n) is 8.44. The minimum Gasteiger partial charge on any atom is -0.478 e. The SMILES string of the molecule is COC(c1ccc(C(=O)O)cn1)(c1ccc(C(=O)O)cn1)c1ccc(C(=O)O)cn1. The van der Waals surface area contributed by atoms with Crippen molar-refractivity contribution < 1.29 is 34.4 Å². The monoisotopic (exact) mass is 409 g/mol. The van der Waals surface area contributed by atoms with Crippen molar-refractivity contribution in [1.82, 2.24) is 15.0 Å². The molecule has 0 spiro atoms. The number of hydrogen-bond acceptors (Lipinski definition) is 7. The maximum absolute atomic E-state index is 11.2. The van der Waals surface area contributed by atoms with Gasteiger partial charge < -0.3 is 20.1 Å². The lowest BCUT2D eigenvalue weighted by atomic mass is 9.88. The van der Waals surface area contributed by atoms with E-state index in [1.807, 2.05) is 0 Å². The summed E-state index contributed by atoms with van der Waals surface area (Å²) in [4.78, 5) is 46.1. The van der Waals surface area contributed by atoms with Gasteiger partial charge in [0.05, 0.1) is 33.8 Å². The molecule has 0 amide bonds. The fourth-order valence-corrected chi connectivity index (χ4v) is 2.89. The summed E-state index contributed by atoms with van der Waals surface area (Å²) in [5, 5.41) is 27.4. The standard InChI is InChI=1S/C20H15N3O7/c1-30-20(14-5-2-11(8-21-14)17(24)25,15-6-3-12(9-22-15)18(26)27)16-7-4-13(10-23-16)19(28)29/h2-10H,1H3,(H,24,25)(H,26,27)(H,28,29). The number of rotatable bonds is 7. The average molecular weight is 409 g/mol. The lowest BCUT2D eigenvalue weighted by Gasteiger charge is -2.31. The van der Waals surface area contributed by atoms with Crippen LogP contribution in [0.5, 0.6) is 0 Å². The Labute approximate surface area is 169 Å². The third-order valence-electron chi connectivity index (χ3n) is 4.42. The molecule has 0 aliphatic carbocycles. The average Bonchev–Trinajstić information content (AvgIpc) is 2.75. The van der Waals surface area contributed by atoms with Crippen LogP contribution in [-0.2, 0) is 10.3 Å². The molecule has 0 aliphatic rings. The molecule has 3 aromatic rings. The van der Waals surface area contributed by atoms with Crippen LogP contribution in [0, 0.1) is 0 Å². The van der Waals surface area contributed by atoms with E-state index in [4.69, 9.17) is 20.1 Å². The van der Waals surface area contributed by atoms with Crippen LogP contribution in [0.25, 0.3) is 0 Å². The quantitative estimate of drug-likeness (QED) is 0.526. The van der Waals surface area contributed by atoms with Gasteiger partial charge in [-0.05, 0) is 36.4 Å². The molecule has 10 heteroatoms. The highest BCUT2D eigenvalue weighted by atomic mass is 16.5. The van der Waals surface area contributed by atoms with Gasteiger partial charge in [0.15, 0.2) is 5.60 Å². The number of methoxy groups -OCH3 is 1. The summed E-state index contributed by atoms with van der Waals surface area (Å²) in [6, 6.07) is 8.26. The summed E-state index contributed by atoms with van der Waals surface area (Å²) in [6.45, 7) is 0. The zero-order chi connectivity index (χ0) is 21.9. The molecule has 3 aromatic heterocycles. The van der Waals surface area contributed by atoms with Crippen LogP contribution < -0.4 is 0 Å². The Bertz CT molecular complexity index is 955. The third-order valence-corrected chi connectivity index (χ3v) is 4.42. The van der Waals surface area contributed by atoms with Gasteiger partial charge in [-0.3, -0.25) is 15.0 Å². The van der Waals surface area contributed by atoms with Crippen molar-refractivity contribution in [2.75, 3.05) is 7.11 Å². The van der Waals surface area contributed by atoms with Crippen molar-refractivity contribution in [2.45, 2.75) is 5.60 Å². The van der Waals surface area contributed by atoms with Gasteiger partial charge in [-0.25, -0.2) is 14.4 Å². The Morgan fingerprint density at radius 2 is 0.967 bits per heavy atom. The first-order valence-corrected chi connectivity index (χ1v) is 8.44. The van der Waals surface area contributed by atoms with Crippen LogP contribution in [0.15, 0.2) is 55.0 Å². The summed E-state index contributed by atoms with van der Waals surface area (Å²) in [6.07, 6.45) is 3.42. The molecule has 3 rings (SSSR count). The van der Waals surface area contributed by atoms with Gasteiger partial charge in [-0.1, -0.05) is 0 Å². The smallest absolute Gasteiger partial charge is 0.337 e. The van der Waals surface area contributed by atoms with E-state index in [2.05, 4.69) is 15.0 Å². The van der Waals surface area contributed by atoms with Gasteiger partial charge in [0, 0.05) is 25.7 Å². The fourth-order valence-electron chi connectivity index (χ4n) is 2.89. The number of pyridine rings is 3. The summed E-state index contributed by atoms with van der Waals surface area (Å²) in [5.74, 6) is -3.49. The number of ether oxygens (including phenoxy) is 1. The lowest BCUT2D eigenvalue weighted by Crippen LogP contribution is -2.35. The Kier molecular flexibility index (Phi) is 5.52. The molecule has 0 radical (unpaired) electrons. The normalized spacial score (nSPS) is 11.1. The maximum Gasteiger partial charge on any atom is 0.337 e. The highest BCUT2D eigenvalue weighted by molar-refractivity contribution is 5.88. The van der Waals surface area contributed by atoms with Gasteiger partial charge >= 0.3 is 17.9 Å². The molecule has 0 fully saturated rings. The molecule has 0 aliphatic heterocycles. The van der Waals surface area contributed by atoms with Gasteiger partial charge in [-0.15, -0.1) is 0 Å². The van der Waals surface area contributed by atoms with Crippen molar-refractivity contribution in [3.8, 4) is 0 Å². The molecule has 3 N–H and O–H groups in total. The highest BCUT2D eigenvalue weighted by Gasteiger charge is 2.41. The number of hydrogen-bond donors (Lipinski definition) is 3. The lowest BCUT2D eigenvalue weighted by molar-refractivity contribution is 0.0470. The molecule has 0 saturated carbocycles. The molecule has 0 bridgehead atoms. The van der Waals surface area contributed by atoms with Crippen molar-refractivity contribution in [3.63, 3.8) is 0 Å². The van der Waals surface area contributed by atoms with Crippen LogP contribution in [0.3, 0.4) is 0 Å². The Morgan fingerprint density at radius 1 is 0.667 bits per heavy atom. The van der Waals surface area contributed by atoms with E-state index in [9.17, 15) is 14.4 Å². The first-order chi connectivity index (χ1) is 14.3. The molecule has 0 atom stereocenters. The van der Waals surface area contributed by atoms with E-state index < -0.39 is 23.5 Å². The number of carboxylic acids is 3. The van der Waals surface area contributed by atoms with E-state index in [0.717, 1.165) is 18.6 Å². The van der Waals surface area contributed by atoms with Crippen LogP contribution >= 0.6 is 0 Å². The molecular weight excluding hydrogens is 394 g/mol. The van der Waals surface area contributed by atoms with Gasteiger partial charge in [-0.2, -0.15) is 0 Å². The van der Waals surface area contributed by atoms with Crippen molar-refractivity contribution in [3.05, 3.63) is 88.8 Å². The number of aromatic nitrogens is 3. The molecular formula is C20H15N3O7. The van der Waals surface area contributed by atoms with E-state index in [-0.39, 0.29) is 33.8 Å². The van der Waals surface area contributed by atoms with Gasteiger partial charge in [0.25, 0.3) is 0 Å². The molecule has 10 nitrogen and oxygen atoms in total. The fraction of sp³-hybridized carbons (Fsp3) is 0.100. The van der Waals surface area contributed by atoms with Crippen LogP contribution in [-0.4, -0.2) is 55.3 Å². The molecule has 0 saturated heterocycles. The molecule has 3 heterocycles. The Hall–Kier alpha value is -4.18. The predicted molar refractivity (Wildman–Crippen MR) is 100 cm³/mol. The topological polar surface area (TPSA) is 160 Å². The summed E-state index contributed by atoms with van der Waals surface area (Å²) in [7, 11) is 1.35. The zero-order valence-corrected chi connectivity index (χ0v) is 15.5. The van der Waals surface area contributed by atoms with E-state index in [1.54, 1.807) is 0 Å². The van der Waals surface area contributed by atoms with Crippen LogP contribution in [0.1, 0.15) is 48.2 Å². The first kappa shape index (κ1) is 20.6. The second kappa shape index (κ2) is 8.05. The molecule has 0 aromatic carbocycles. The Balaban J connectivity index is 2.23. The van der Waals surface area contributed by atoms with Crippen LogP contribution in [0.4, 0.5) is 0 Å². The third kappa shape index (κ3) is 3.59. The minimum atomic E-state index is -1.55. The van der Waals surface area contributed by atoms with Crippen molar-refractivity contribution in [1.29, 1.82) is 0 Å². The van der Waals surface area contributed by atoms with Gasteiger partial charge in [0.2, 0.25) is 0 Å². The van der Waals surface area contributed by atoms with Crippen molar-refractivity contribution in [2.24, 2.45) is 0 Å². The molecule has 30 heavy (non-hydrogen) atoms. The number of aromatic carboxylic acids is 3. The number of nitrogens with zero attached hydrogens (tertiary/aromatic N) is 3. The zero-order valence-electron chi connectivity index (χ0n) is 15.5. The maximum atomic E-state index is 11.2. The van der Waals surface area contributed by atoms with Crippen LogP contribution in [0.2, 0.25) is 0 Å². The molecule has 152 valence electrons. The largest absolute Gasteiger partial charge is 0.478 e. The number of carbonyl (C=O) groups is 3. The second-order valence-electron chi connectivity index (χ2n) is 6.10. The summed E-state index contributed by atoms with van der Waals surface area (Å²) >= 11 is 0. The van der Waals surface area contributed by atoms with Gasteiger partial charge in [0.1, 0.15) is 0 Å². The van der Waals surface area contributed by atoms with E-state index in [0.29, 0.717) is 0 Å². The van der Waals surface area contributed by atoms with E-state index in [1.165, 1.54) is 43.5 Å². The molecule has 0 unspecified atom stereocenters. The summed E-state index contributed by atoms with van der Waals surface area (Å²) < 4.78 is 5.77. The Morgan fingerprint density at radius 3 is 1.13 bits per heavy atom. The van der Waals surface area contributed by atoms with E-state index >= 15 is 0 Å². The van der Waals surface area contributed by atoms with Crippen molar-refractivity contribution >= 4 is 17.9 Å². The second-order valence-corrected chi connectivity index (χ2v) is 6.10. The highest BCUT2D eigenvalue weighted by Crippen LogP contribution is 2.37. The predicted octanol–water partition coefficient (Wildman–Crippen LogP) is 1.90. The minimum absolute atomic E-state index is 0.0490.